The van der Waals surface area contributed by atoms with E-state index in [-0.39, 0.29) is 11.4 Å². The quantitative estimate of drug-likeness (QED) is 0.117. The van der Waals surface area contributed by atoms with Gasteiger partial charge in [0.15, 0.2) is 0 Å². The van der Waals surface area contributed by atoms with E-state index in [9.17, 15) is 4.79 Å². The fourth-order valence-electron chi connectivity index (χ4n) is 3.57. The Morgan fingerprint density at radius 3 is 1.52 bits per heavy atom. The molecule has 0 radical (unpaired) electrons. The first-order chi connectivity index (χ1) is 13.7. The minimum Gasteiger partial charge on any atom is -0.459 e. The van der Waals surface area contributed by atoms with Gasteiger partial charge in [-0.2, -0.15) is 0 Å². The van der Waals surface area contributed by atoms with Gasteiger partial charge in [-0.15, -0.1) is 0 Å². The van der Waals surface area contributed by atoms with Crippen molar-refractivity contribution in [2.75, 3.05) is 33.8 Å². The topological polar surface area (TPSA) is 26.3 Å². The summed E-state index contributed by atoms with van der Waals surface area (Å²) in [7, 11) is 4.50. The van der Waals surface area contributed by atoms with Crippen LogP contribution < -0.4 is 0 Å². The van der Waals surface area contributed by atoms with Gasteiger partial charge in [0.2, 0.25) is 0 Å². The normalized spacial score (nSPS) is 12.3. The summed E-state index contributed by atoms with van der Waals surface area (Å²) in [5.74, 6) is -0.0588. The van der Waals surface area contributed by atoms with E-state index in [1.807, 2.05) is 20.8 Å². The van der Waals surface area contributed by atoms with Gasteiger partial charge < -0.3 is 9.22 Å². The Morgan fingerprint density at radius 2 is 1.10 bits per heavy atom. The maximum Gasteiger partial charge on any atom is 0.311 e. The van der Waals surface area contributed by atoms with Crippen molar-refractivity contribution < 1.29 is 14.0 Å². The standard InChI is InChI=1S/C26H54NO2/c1-7-9-10-11-12-13-14-15-16-17-18-19-20-21-22-27(5,6)23-24-29-25(28)26(3,4)8-2/h7-24H2,1-6H3/q+1. The molecular weight excluding hydrogens is 358 g/mol. The summed E-state index contributed by atoms with van der Waals surface area (Å²) in [6.07, 6.45) is 20.5. The lowest BCUT2D eigenvalue weighted by Crippen LogP contribution is -2.43. The number of hydrogen-bond donors (Lipinski definition) is 0. The third-order valence-corrected chi connectivity index (χ3v) is 6.48. The van der Waals surface area contributed by atoms with E-state index >= 15 is 0 Å². The Balaban J connectivity index is 3.50. The van der Waals surface area contributed by atoms with Crippen molar-refractivity contribution in [3.63, 3.8) is 0 Å². The Hall–Kier alpha value is -0.570. The predicted octanol–water partition coefficient (Wildman–Crippen LogP) is 7.52. The van der Waals surface area contributed by atoms with Crippen molar-refractivity contribution >= 4 is 5.97 Å². The van der Waals surface area contributed by atoms with Gasteiger partial charge in [0.25, 0.3) is 0 Å². The number of likely N-dealkylation sites (N-methyl/N-ethyl adjacent to an activating group) is 1. The highest BCUT2D eigenvalue weighted by Gasteiger charge is 2.27. The highest BCUT2D eigenvalue weighted by molar-refractivity contribution is 5.75. The SMILES string of the molecule is CCCCCCCCCCCCCCCC[N+](C)(C)CCOC(=O)C(C)(C)CC. The van der Waals surface area contributed by atoms with Gasteiger partial charge >= 0.3 is 5.97 Å². The second kappa shape index (κ2) is 17.1. The summed E-state index contributed by atoms with van der Waals surface area (Å²) >= 11 is 0. The molecule has 0 bridgehead atoms. The molecule has 3 heteroatoms. The first-order valence-electron chi connectivity index (χ1n) is 12.7. The van der Waals surface area contributed by atoms with Crippen molar-refractivity contribution in [1.82, 2.24) is 0 Å². The largest absolute Gasteiger partial charge is 0.459 e. The number of nitrogens with zero attached hydrogens (tertiary/aromatic N) is 1. The van der Waals surface area contributed by atoms with Crippen LogP contribution in [0.3, 0.4) is 0 Å². The Morgan fingerprint density at radius 1 is 0.690 bits per heavy atom. The third-order valence-electron chi connectivity index (χ3n) is 6.48. The van der Waals surface area contributed by atoms with Crippen LogP contribution in [0.1, 0.15) is 124 Å². The first-order valence-corrected chi connectivity index (χ1v) is 12.7. The number of hydrogen-bond acceptors (Lipinski definition) is 2. The van der Waals surface area contributed by atoms with Crippen LogP contribution >= 0.6 is 0 Å². The molecule has 0 heterocycles. The zero-order chi connectivity index (χ0) is 22.0. The van der Waals surface area contributed by atoms with E-state index in [0.717, 1.165) is 17.4 Å². The monoisotopic (exact) mass is 412 g/mol. The molecule has 0 aromatic rings. The summed E-state index contributed by atoms with van der Waals surface area (Å²) in [4.78, 5) is 12.0. The van der Waals surface area contributed by atoms with Crippen LogP contribution in [-0.2, 0) is 9.53 Å². The van der Waals surface area contributed by atoms with Gasteiger partial charge in [-0.3, -0.25) is 4.79 Å². The summed E-state index contributed by atoms with van der Waals surface area (Å²) in [6, 6.07) is 0. The second-order valence-electron chi connectivity index (χ2n) is 10.4. The van der Waals surface area contributed by atoms with Crippen molar-refractivity contribution in [2.45, 2.75) is 124 Å². The number of quaternary nitrogens is 1. The Bertz CT molecular complexity index is 390. The molecule has 0 N–H and O–H groups in total. The van der Waals surface area contributed by atoms with Gasteiger partial charge in [-0.25, -0.2) is 0 Å². The number of ether oxygens (including phenoxy) is 1. The van der Waals surface area contributed by atoms with Crippen LogP contribution in [0.5, 0.6) is 0 Å². The summed E-state index contributed by atoms with van der Waals surface area (Å²) < 4.78 is 6.45. The number of unbranched alkanes of at least 4 members (excludes halogenated alkanes) is 13. The van der Waals surface area contributed by atoms with Crippen LogP contribution in [0.2, 0.25) is 0 Å². The van der Waals surface area contributed by atoms with E-state index in [0.29, 0.717) is 6.61 Å². The Kier molecular flexibility index (Phi) is 16.8. The van der Waals surface area contributed by atoms with Crippen molar-refractivity contribution in [2.24, 2.45) is 5.41 Å². The number of esters is 1. The molecule has 29 heavy (non-hydrogen) atoms. The van der Waals surface area contributed by atoms with Crippen molar-refractivity contribution in [3.05, 3.63) is 0 Å². The average Bonchev–Trinajstić information content (AvgIpc) is 2.67. The van der Waals surface area contributed by atoms with Gasteiger partial charge in [-0.1, -0.05) is 90.9 Å². The lowest BCUT2D eigenvalue weighted by Gasteiger charge is -2.30. The zero-order valence-electron chi connectivity index (χ0n) is 21.0. The van der Waals surface area contributed by atoms with Crippen molar-refractivity contribution in [1.29, 1.82) is 0 Å². The molecule has 0 aliphatic carbocycles. The molecule has 0 atom stereocenters. The molecule has 0 unspecified atom stereocenters. The van der Waals surface area contributed by atoms with E-state index in [1.54, 1.807) is 0 Å². The van der Waals surface area contributed by atoms with E-state index in [2.05, 4.69) is 21.0 Å². The summed E-state index contributed by atoms with van der Waals surface area (Å²) in [5, 5.41) is 0. The average molecular weight is 413 g/mol. The van der Waals surface area contributed by atoms with Gasteiger partial charge in [0.1, 0.15) is 13.2 Å². The molecule has 0 aromatic heterocycles. The lowest BCUT2D eigenvalue weighted by molar-refractivity contribution is -0.890. The Labute approximate surface area is 183 Å². The van der Waals surface area contributed by atoms with Gasteiger partial charge in [-0.05, 0) is 33.1 Å². The van der Waals surface area contributed by atoms with Crippen LogP contribution in [0, 0.1) is 5.41 Å². The van der Waals surface area contributed by atoms with Crippen LogP contribution in [-0.4, -0.2) is 44.2 Å². The van der Waals surface area contributed by atoms with Crippen LogP contribution in [0.25, 0.3) is 0 Å². The maximum absolute atomic E-state index is 12.0. The molecule has 0 aromatic carbocycles. The fourth-order valence-corrected chi connectivity index (χ4v) is 3.57. The highest BCUT2D eigenvalue weighted by atomic mass is 16.5. The van der Waals surface area contributed by atoms with Crippen LogP contribution in [0.4, 0.5) is 0 Å². The molecule has 0 spiro atoms. The number of rotatable bonds is 20. The van der Waals surface area contributed by atoms with E-state index in [4.69, 9.17) is 4.74 Å². The van der Waals surface area contributed by atoms with E-state index < -0.39 is 0 Å². The predicted molar refractivity (Wildman–Crippen MR) is 127 cm³/mol. The minimum absolute atomic E-state index is 0.0588. The number of carbonyl (C=O) groups excluding carboxylic acids is 1. The zero-order valence-corrected chi connectivity index (χ0v) is 21.0. The molecule has 0 saturated carbocycles. The summed E-state index contributed by atoms with van der Waals surface area (Å²) in [5.41, 5.74) is -0.355. The maximum atomic E-state index is 12.0. The molecule has 174 valence electrons. The molecule has 0 fully saturated rings. The molecular formula is C26H54NO2+. The van der Waals surface area contributed by atoms with Crippen LogP contribution in [0.15, 0.2) is 0 Å². The molecule has 0 rings (SSSR count). The molecule has 0 saturated heterocycles. The second-order valence-corrected chi connectivity index (χ2v) is 10.4. The fraction of sp³-hybridized carbons (Fsp3) is 0.962. The number of carbonyl (C=O) groups is 1. The smallest absolute Gasteiger partial charge is 0.311 e. The molecule has 3 nitrogen and oxygen atoms in total. The van der Waals surface area contributed by atoms with Gasteiger partial charge in [0.05, 0.1) is 26.1 Å². The van der Waals surface area contributed by atoms with Gasteiger partial charge in [0, 0.05) is 0 Å². The van der Waals surface area contributed by atoms with E-state index in [1.165, 1.54) is 96.4 Å². The highest BCUT2D eigenvalue weighted by Crippen LogP contribution is 2.21. The minimum atomic E-state index is -0.355. The molecule has 0 aliphatic heterocycles. The molecule has 0 amide bonds. The third kappa shape index (κ3) is 16.9. The lowest BCUT2D eigenvalue weighted by atomic mass is 9.91. The van der Waals surface area contributed by atoms with Crippen molar-refractivity contribution in [3.8, 4) is 0 Å². The summed E-state index contributed by atoms with van der Waals surface area (Å²) in [6.45, 7) is 10.9. The first kappa shape index (κ1) is 28.4. The molecule has 0 aliphatic rings.